The maximum atomic E-state index is 12.5. The number of rotatable bonds is 8. The lowest BCUT2D eigenvalue weighted by atomic mass is 9.70. The van der Waals surface area contributed by atoms with Crippen LogP contribution >= 0.6 is 0 Å². The van der Waals surface area contributed by atoms with Crippen LogP contribution in [0.2, 0.25) is 0 Å². The lowest BCUT2D eigenvalue weighted by molar-refractivity contribution is -0.384. The fraction of sp³-hybridized carbons (Fsp3) is 0.611. The van der Waals surface area contributed by atoms with E-state index < -0.39 is 26.1 Å². The van der Waals surface area contributed by atoms with Crippen molar-refractivity contribution < 1.29 is 23.3 Å². The van der Waals surface area contributed by atoms with Crippen LogP contribution in [0.25, 0.3) is 0 Å². The van der Waals surface area contributed by atoms with Gasteiger partial charge in [-0.15, -0.1) is 0 Å². The molecule has 1 amide bonds. The third kappa shape index (κ3) is 4.44. The second kappa shape index (κ2) is 8.04. The summed E-state index contributed by atoms with van der Waals surface area (Å²) in [4.78, 5) is 24.3. The highest BCUT2D eigenvalue weighted by Crippen LogP contribution is 2.42. The molecule has 28 heavy (non-hydrogen) atoms. The average molecular weight is 411 g/mol. The monoisotopic (exact) mass is 411 g/mol. The predicted molar refractivity (Wildman–Crippen MR) is 103 cm³/mol. The van der Waals surface area contributed by atoms with E-state index in [4.69, 9.17) is 5.21 Å². The van der Waals surface area contributed by atoms with Crippen molar-refractivity contribution in [2.24, 2.45) is 11.3 Å². The summed E-state index contributed by atoms with van der Waals surface area (Å²) in [5.74, 6) is -0.585. The number of non-ortho nitro benzene ring substituents is 1. The van der Waals surface area contributed by atoms with Gasteiger partial charge in [-0.05, 0) is 43.7 Å². The molecule has 1 saturated heterocycles. The van der Waals surface area contributed by atoms with Crippen LogP contribution in [-0.2, 0) is 14.6 Å². The van der Waals surface area contributed by atoms with Gasteiger partial charge in [-0.25, -0.2) is 13.9 Å². The van der Waals surface area contributed by atoms with E-state index in [1.165, 1.54) is 12.1 Å². The summed E-state index contributed by atoms with van der Waals surface area (Å²) in [7, 11) is -3.41. The second-order valence-corrected chi connectivity index (χ2v) is 10.0. The van der Waals surface area contributed by atoms with Crippen LogP contribution in [0.3, 0.4) is 0 Å². The largest absolute Gasteiger partial charge is 0.371 e. The van der Waals surface area contributed by atoms with Crippen LogP contribution < -0.4 is 10.4 Å². The lowest BCUT2D eigenvalue weighted by Gasteiger charge is -2.39. The molecule has 1 atom stereocenters. The van der Waals surface area contributed by atoms with Crippen LogP contribution in [0.4, 0.5) is 11.4 Å². The van der Waals surface area contributed by atoms with Gasteiger partial charge in [0.1, 0.15) is 0 Å². The molecule has 0 aromatic heterocycles. The first-order valence-corrected chi connectivity index (χ1v) is 11.2. The standard InChI is InChI=1S/C18H25N3O6S/c22-17(19-23)18(8-1-9-18)13-28(26,27)11-7-14-6-10-20(12-14)15-2-4-16(5-3-15)21(24)25/h2-5,14,23H,1,6-13H2,(H,19,22). The molecular formula is C18H25N3O6S. The number of nitro benzene ring substituents is 1. The van der Waals surface area contributed by atoms with Gasteiger partial charge in [0, 0.05) is 30.9 Å². The Labute approximate surface area is 163 Å². The molecule has 1 aliphatic carbocycles. The van der Waals surface area contributed by atoms with Gasteiger partial charge in [0.25, 0.3) is 11.6 Å². The number of nitro groups is 1. The minimum Gasteiger partial charge on any atom is -0.371 e. The van der Waals surface area contributed by atoms with Gasteiger partial charge in [0.15, 0.2) is 9.84 Å². The van der Waals surface area contributed by atoms with Gasteiger partial charge in [0.2, 0.25) is 0 Å². The van der Waals surface area contributed by atoms with Crippen molar-refractivity contribution >= 4 is 27.1 Å². The number of hydrogen-bond donors (Lipinski definition) is 2. The van der Waals surface area contributed by atoms with E-state index in [0.717, 1.165) is 25.1 Å². The summed E-state index contributed by atoms with van der Waals surface area (Å²) in [5, 5.41) is 19.6. The Kier molecular flexibility index (Phi) is 5.90. The Morgan fingerprint density at radius 3 is 2.54 bits per heavy atom. The summed E-state index contributed by atoms with van der Waals surface area (Å²) < 4.78 is 25.1. The van der Waals surface area contributed by atoms with Crippen LogP contribution in [0, 0.1) is 21.4 Å². The number of amides is 1. The highest BCUT2D eigenvalue weighted by atomic mass is 32.2. The summed E-state index contributed by atoms with van der Waals surface area (Å²) in [5.41, 5.74) is 1.57. The zero-order chi connectivity index (χ0) is 20.4. The first-order valence-electron chi connectivity index (χ1n) is 9.39. The topological polar surface area (TPSA) is 130 Å². The van der Waals surface area contributed by atoms with Crippen molar-refractivity contribution in [2.45, 2.75) is 32.1 Å². The van der Waals surface area contributed by atoms with Crippen molar-refractivity contribution in [3.63, 3.8) is 0 Å². The number of sulfone groups is 1. The SMILES string of the molecule is O=C(NO)C1(CS(=O)(=O)CCC2CCN(c3ccc([N+](=O)[O-])cc3)C2)CCC1. The Morgan fingerprint density at radius 1 is 1.32 bits per heavy atom. The van der Waals surface area contributed by atoms with Crippen LogP contribution in [0.1, 0.15) is 32.1 Å². The van der Waals surface area contributed by atoms with Crippen LogP contribution in [-0.4, -0.2) is 49.1 Å². The number of nitrogens with zero attached hydrogens (tertiary/aromatic N) is 2. The molecule has 0 bridgehead atoms. The number of benzene rings is 1. The fourth-order valence-corrected chi connectivity index (χ4v) is 6.18. The number of anilines is 1. The van der Waals surface area contributed by atoms with E-state index in [1.54, 1.807) is 17.6 Å². The van der Waals surface area contributed by atoms with E-state index in [0.29, 0.717) is 25.8 Å². The third-order valence-corrected chi connectivity index (χ3v) is 7.79. The van der Waals surface area contributed by atoms with Gasteiger partial charge in [-0.1, -0.05) is 6.42 Å². The van der Waals surface area contributed by atoms with E-state index in [9.17, 15) is 23.3 Å². The van der Waals surface area contributed by atoms with E-state index in [2.05, 4.69) is 4.90 Å². The molecule has 1 aromatic rings. The van der Waals surface area contributed by atoms with Crippen molar-refractivity contribution in [1.29, 1.82) is 0 Å². The molecule has 1 aliphatic heterocycles. The number of carbonyl (C=O) groups excluding carboxylic acids is 1. The molecule has 1 unspecified atom stereocenters. The molecule has 9 nitrogen and oxygen atoms in total. The number of hydrogen-bond acceptors (Lipinski definition) is 7. The Balaban J connectivity index is 1.52. The van der Waals surface area contributed by atoms with Crippen LogP contribution in [0.5, 0.6) is 0 Å². The molecule has 10 heteroatoms. The lowest BCUT2D eigenvalue weighted by Crippen LogP contribution is -2.49. The predicted octanol–water partition coefficient (Wildman–Crippen LogP) is 1.90. The highest BCUT2D eigenvalue weighted by molar-refractivity contribution is 7.91. The summed E-state index contributed by atoms with van der Waals surface area (Å²) >= 11 is 0. The zero-order valence-corrected chi connectivity index (χ0v) is 16.4. The molecule has 2 fully saturated rings. The normalized spacial score (nSPS) is 21.2. The van der Waals surface area contributed by atoms with Crippen molar-refractivity contribution in [2.75, 3.05) is 29.5 Å². The van der Waals surface area contributed by atoms with Crippen LogP contribution in [0.15, 0.2) is 24.3 Å². The smallest absolute Gasteiger partial charge is 0.269 e. The number of nitrogens with one attached hydrogen (secondary N) is 1. The maximum Gasteiger partial charge on any atom is 0.269 e. The minimum atomic E-state index is -3.41. The van der Waals surface area contributed by atoms with Gasteiger partial charge in [-0.2, -0.15) is 0 Å². The highest BCUT2D eigenvalue weighted by Gasteiger charge is 2.47. The molecule has 1 aromatic carbocycles. The second-order valence-electron chi connectivity index (χ2n) is 7.83. The van der Waals surface area contributed by atoms with Crippen molar-refractivity contribution in [3.05, 3.63) is 34.4 Å². The Hall–Kier alpha value is -2.20. The first-order chi connectivity index (χ1) is 13.2. The van der Waals surface area contributed by atoms with Crippen molar-refractivity contribution in [3.8, 4) is 0 Å². The van der Waals surface area contributed by atoms with E-state index in [-0.39, 0.29) is 23.1 Å². The van der Waals surface area contributed by atoms with E-state index in [1.807, 2.05) is 0 Å². The molecule has 2 N–H and O–H groups in total. The summed E-state index contributed by atoms with van der Waals surface area (Å²) in [6.07, 6.45) is 3.12. The molecule has 154 valence electrons. The van der Waals surface area contributed by atoms with Gasteiger partial charge >= 0.3 is 0 Å². The van der Waals surface area contributed by atoms with Gasteiger partial charge < -0.3 is 4.90 Å². The molecule has 1 saturated carbocycles. The minimum absolute atomic E-state index is 0.0201. The van der Waals surface area contributed by atoms with Crippen molar-refractivity contribution in [1.82, 2.24) is 5.48 Å². The number of hydroxylamine groups is 1. The van der Waals surface area contributed by atoms with E-state index >= 15 is 0 Å². The third-order valence-electron chi connectivity index (χ3n) is 5.94. The Morgan fingerprint density at radius 2 is 2.00 bits per heavy atom. The fourth-order valence-electron chi connectivity index (χ4n) is 4.09. The Bertz CT molecular complexity index is 835. The molecular weight excluding hydrogens is 386 g/mol. The van der Waals surface area contributed by atoms with Gasteiger partial charge in [-0.3, -0.25) is 20.1 Å². The average Bonchev–Trinajstić information content (AvgIpc) is 3.12. The molecule has 3 rings (SSSR count). The summed E-state index contributed by atoms with van der Waals surface area (Å²) in [6, 6.07) is 6.37. The summed E-state index contributed by atoms with van der Waals surface area (Å²) in [6.45, 7) is 1.48. The molecule has 0 spiro atoms. The first kappa shape index (κ1) is 20.5. The maximum absolute atomic E-state index is 12.5. The van der Waals surface area contributed by atoms with Gasteiger partial charge in [0.05, 0.1) is 21.8 Å². The molecule has 2 aliphatic rings. The zero-order valence-electron chi connectivity index (χ0n) is 15.5. The molecule has 1 heterocycles. The molecule has 0 radical (unpaired) electrons. The quantitative estimate of drug-likeness (QED) is 0.379. The number of carbonyl (C=O) groups is 1.